The molecule has 0 bridgehead atoms. The van der Waals surface area contributed by atoms with Crippen LogP contribution in [0.2, 0.25) is 0 Å². The molecule has 0 spiro atoms. The van der Waals surface area contributed by atoms with Crippen molar-refractivity contribution in [1.82, 2.24) is 14.9 Å². The SMILES string of the molecule is Cc1ccnc([C@H]2CCN(C(=O)c3c(C)oc4c3CCCC4)C2)n1. The highest BCUT2D eigenvalue weighted by Crippen LogP contribution is 2.32. The Morgan fingerprint density at radius 1 is 1.29 bits per heavy atom. The molecule has 2 aliphatic rings. The van der Waals surface area contributed by atoms with Gasteiger partial charge in [0.1, 0.15) is 17.3 Å². The molecule has 24 heavy (non-hydrogen) atoms. The van der Waals surface area contributed by atoms with E-state index in [2.05, 4.69) is 9.97 Å². The third kappa shape index (κ3) is 2.62. The summed E-state index contributed by atoms with van der Waals surface area (Å²) in [6, 6.07) is 1.91. The van der Waals surface area contributed by atoms with Crippen molar-refractivity contribution >= 4 is 5.91 Å². The van der Waals surface area contributed by atoms with Gasteiger partial charge in [-0.3, -0.25) is 4.79 Å². The first kappa shape index (κ1) is 15.4. The first-order valence-corrected chi connectivity index (χ1v) is 8.83. The Morgan fingerprint density at radius 2 is 2.12 bits per heavy atom. The molecule has 0 saturated carbocycles. The Bertz CT molecular complexity index is 781. The maximum absolute atomic E-state index is 13.1. The second-order valence-corrected chi connectivity index (χ2v) is 6.94. The summed E-state index contributed by atoms with van der Waals surface area (Å²) in [5, 5.41) is 0. The summed E-state index contributed by atoms with van der Waals surface area (Å²) >= 11 is 0. The number of likely N-dealkylation sites (tertiary alicyclic amines) is 1. The minimum absolute atomic E-state index is 0.120. The zero-order chi connectivity index (χ0) is 16.7. The molecule has 5 heteroatoms. The van der Waals surface area contributed by atoms with Gasteiger partial charge in [-0.2, -0.15) is 0 Å². The molecule has 1 saturated heterocycles. The first-order chi connectivity index (χ1) is 11.6. The monoisotopic (exact) mass is 325 g/mol. The number of carbonyl (C=O) groups is 1. The highest BCUT2D eigenvalue weighted by atomic mass is 16.3. The molecule has 2 aromatic rings. The number of aromatic nitrogens is 2. The average Bonchev–Trinajstić information content (AvgIpc) is 3.18. The van der Waals surface area contributed by atoms with E-state index < -0.39 is 0 Å². The van der Waals surface area contributed by atoms with Gasteiger partial charge < -0.3 is 9.32 Å². The van der Waals surface area contributed by atoms with Crippen molar-refractivity contribution in [3.63, 3.8) is 0 Å². The van der Waals surface area contributed by atoms with Crippen LogP contribution in [0.3, 0.4) is 0 Å². The molecular weight excluding hydrogens is 302 g/mol. The van der Waals surface area contributed by atoms with Crippen molar-refractivity contribution in [2.75, 3.05) is 13.1 Å². The fourth-order valence-electron chi connectivity index (χ4n) is 3.96. The van der Waals surface area contributed by atoms with E-state index in [1.54, 1.807) is 6.20 Å². The molecule has 1 atom stereocenters. The summed E-state index contributed by atoms with van der Waals surface area (Å²) < 4.78 is 5.87. The maximum Gasteiger partial charge on any atom is 0.257 e. The van der Waals surface area contributed by atoms with Crippen molar-refractivity contribution in [3.8, 4) is 0 Å². The van der Waals surface area contributed by atoms with Gasteiger partial charge in [0.15, 0.2) is 0 Å². The second kappa shape index (κ2) is 6.04. The maximum atomic E-state index is 13.1. The molecule has 1 aliphatic heterocycles. The van der Waals surface area contributed by atoms with Crippen LogP contribution < -0.4 is 0 Å². The number of nitrogens with zero attached hydrogens (tertiary/aromatic N) is 3. The summed E-state index contributed by atoms with van der Waals surface area (Å²) in [6.45, 7) is 5.36. The number of aryl methyl sites for hydroxylation is 3. The molecule has 4 rings (SSSR count). The van der Waals surface area contributed by atoms with Crippen LogP contribution in [0.1, 0.15) is 64.1 Å². The lowest BCUT2D eigenvalue weighted by atomic mass is 9.94. The molecule has 0 aromatic carbocycles. The summed E-state index contributed by atoms with van der Waals surface area (Å²) in [5.41, 5.74) is 2.94. The van der Waals surface area contributed by atoms with Crippen LogP contribution in [0, 0.1) is 13.8 Å². The lowest BCUT2D eigenvalue weighted by molar-refractivity contribution is 0.0788. The van der Waals surface area contributed by atoms with Gasteiger partial charge in [-0.05, 0) is 45.6 Å². The predicted molar refractivity (Wildman–Crippen MR) is 90.1 cm³/mol. The number of hydrogen-bond acceptors (Lipinski definition) is 4. The Morgan fingerprint density at radius 3 is 2.96 bits per heavy atom. The molecule has 2 aromatic heterocycles. The van der Waals surface area contributed by atoms with Gasteiger partial charge in [0, 0.05) is 42.9 Å². The quantitative estimate of drug-likeness (QED) is 0.851. The van der Waals surface area contributed by atoms with E-state index in [1.165, 1.54) is 0 Å². The van der Waals surface area contributed by atoms with Crippen LogP contribution >= 0.6 is 0 Å². The van der Waals surface area contributed by atoms with Gasteiger partial charge in [0.25, 0.3) is 5.91 Å². The molecule has 1 aliphatic carbocycles. The van der Waals surface area contributed by atoms with Crippen molar-refractivity contribution in [2.45, 2.75) is 51.9 Å². The van der Waals surface area contributed by atoms with E-state index >= 15 is 0 Å². The zero-order valence-electron chi connectivity index (χ0n) is 14.3. The van der Waals surface area contributed by atoms with Crippen LogP contribution in [0.4, 0.5) is 0 Å². The van der Waals surface area contributed by atoms with Gasteiger partial charge in [-0.1, -0.05) is 0 Å². The van der Waals surface area contributed by atoms with Gasteiger partial charge in [-0.25, -0.2) is 9.97 Å². The molecule has 0 radical (unpaired) electrons. The number of amides is 1. The van der Waals surface area contributed by atoms with Gasteiger partial charge >= 0.3 is 0 Å². The summed E-state index contributed by atoms with van der Waals surface area (Å²) in [6.07, 6.45) is 6.96. The second-order valence-electron chi connectivity index (χ2n) is 6.94. The van der Waals surface area contributed by atoms with Crippen LogP contribution in [0.25, 0.3) is 0 Å². The van der Waals surface area contributed by atoms with E-state index in [0.717, 1.165) is 72.8 Å². The van der Waals surface area contributed by atoms with Crippen LogP contribution in [0.15, 0.2) is 16.7 Å². The summed E-state index contributed by atoms with van der Waals surface area (Å²) in [5.74, 6) is 3.02. The highest BCUT2D eigenvalue weighted by molar-refractivity contribution is 5.97. The Balaban J connectivity index is 1.55. The van der Waals surface area contributed by atoms with Crippen molar-refractivity contribution < 1.29 is 9.21 Å². The normalized spacial score (nSPS) is 20.2. The number of rotatable bonds is 2. The Labute approximate surface area is 142 Å². The van der Waals surface area contributed by atoms with E-state index in [9.17, 15) is 4.79 Å². The number of carbonyl (C=O) groups excluding carboxylic acids is 1. The first-order valence-electron chi connectivity index (χ1n) is 8.83. The fourth-order valence-corrected chi connectivity index (χ4v) is 3.96. The van der Waals surface area contributed by atoms with Crippen molar-refractivity contribution in [3.05, 3.63) is 46.4 Å². The number of hydrogen-bond donors (Lipinski definition) is 0. The molecule has 126 valence electrons. The van der Waals surface area contributed by atoms with Gasteiger partial charge in [0.2, 0.25) is 0 Å². The topological polar surface area (TPSA) is 59.2 Å². The van der Waals surface area contributed by atoms with E-state index in [0.29, 0.717) is 6.54 Å². The summed E-state index contributed by atoms with van der Waals surface area (Å²) in [4.78, 5) is 23.9. The van der Waals surface area contributed by atoms with Gasteiger partial charge in [0.05, 0.1) is 5.56 Å². The molecular formula is C19H23N3O2. The predicted octanol–water partition coefficient (Wildman–Crippen LogP) is 3.19. The third-order valence-corrected chi connectivity index (χ3v) is 5.22. The van der Waals surface area contributed by atoms with Crippen molar-refractivity contribution in [2.24, 2.45) is 0 Å². The van der Waals surface area contributed by atoms with Crippen LogP contribution in [-0.2, 0) is 12.8 Å². The smallest absolute Gasteiger partial charge is 0.257 e. The Hall–Kier alpha value is -2.17. The minimum Gasteiger partial charge on any atom is -0.465 e. The van der Waals surface area contributed by atoms with E-state index in [1.807, 2.05) is 24.8 Å². The van der Waals surface area contributed by atoms with E-state index in [-0.39, 0.29) is 11.8 Å². The van der Waals surface area contributed by atoms with Crippen LogP contribution in [0.5, 0.6) is 0 Å². The lowest BCUT2D eigenvalue weighted by Gasteiger charge is -2.18. The lowest BCUT2D eigenvalue weighted by Crippen LogP contribution is -2.29. The van der Waals surface area contributed by atoms with Gasteiger partial charge in [-0.15, -0.1) is 0 Å². The molecule has 5 nitrogen and oxygen atoms in total. The summed E-state index contributed by atoms with van der Waals surface area (Å²) in [7, 11) is 0. The Kier molecular flexibility index (Phi) is 3.87. The third-order valence-electron chi connectivity index (χ3n) is 5.22. The molecule has 0 N–H and O–H groups in total. The molecule has 1 fully saturated rings. The standard InChI is InChI=1S/C19H23N3O2/c1-12-7-9-20-18(21-12)14-8-10-22(11-14)19(23)17-13(2)24-16-6-4-3-5-15(16)17/h7,9,14H,3-6,8,10-11H2,1-2H3/t14-/m0/s1. The molecule has 3 heterocycles. The average molecular weight is 325 g/mol. The van der Waals surface area contributed by atoms with E-state index in [4.69, 9.17) is 4.42 Å². The van der Waals surface area contributed by atoms with Crippen molar-refractivity contribution in [1.29, 1.82) is 0 Å². The largest absolute Gasteiger partial charge is 0.465 e. The zero-order valence-corrected chi connectivity index (χ0v) is 14.3. The fraction of sp³-hybridized carbons (Fsp3) is 0.526. The molecule has 1 amide bonds. The minimum atomic E-state index is 0.120. The highest BCUT2D eigenvalue weighted by Gasteiger charge is 2.33. The number of furan rings is 1. The van der Waals surface area contributed by atoms with Crippen LogP contribution in [-0.4, -0.2) is 33.9 Å². The number of fused-ring (bicyclic) bond motifs is 1. The molecule has 0 unspecified atom stereocenters.